The lowest BCUT2D eigenvalue weighted by atomic mass is 9.91. The lowest BCUT2D eigenvalue weighted by molar-refractivity contribution is 0.346. The summed E-state index contributed by atoms with van der Waals surface area (Å²) >= 11 is 0. The largest absolute Gasteiger partial charge is 0.493 e. The van der Waals surface area contributed by atoms with Crippen molar-refractivity contribution in [2.24, 2.45) is 5.41 Å². The molecule has 2 rings (SSSR count). The molecule has 1 fully saturated rings. The lowest BCUT2D eigenvalue weighted by Gasteiger charge is -2.26. The second kappa shape index (κ2) is 5.83. The van der Waals surface area contributed by atoms with E-state index in [1.54, 1.807) is 14.2 Å². The van der Waals surface area contributed by atoms with Crippen LogP contribution in [0.25, 0.3) is 0 Å². The highest BCUT2D eigenvalue weighted by molar-refractivity contribution is 5.44. The van der Waals surface area contributed by atoms with Gasteiger partial charge in [0.2, 0.25) is 0 Å². The average molecular weight is 263 g/mol. The highest BCUT2D eigenvalue weighted by atomic mass is 16.5. The van der Waals surface area contributed by atoms with Crippen molar-refractivity contribution in [3.8, 4) is 11.5 Å². The van der Waals surface area contributed by atoms with Gasteiger partial charge in [0.05, 0.1) is 14.2 Å². The van der Waals surface area contributed by atoms with E-state index in [0.717, 1.165) is 24.5 Å². The first-order chi connectivity index (χ1) is 9.14. The molecule has 3 nitrogen and oxygen atoms in total. The summed E-state index contributed by atoms with van der Waals surface area (Å²) in [4.78, 5) is 0. The van der Waals surface area contributed by atoms with Crippen LogP contribution in [0.1, 0.15) is 44.7 Å². The molecular formula is C16H25NO2. The third-order valence-electron chi connectivity index (χ3n) is 4.07. The van der Waals surface area contributed by atoms with E-state index in [-0.39, 0.29) is 0 Å². The Labute approximate surface area is 116 Å². The maximum absolute atomic E-state index is 5.41. The van der Waals surface area contributed by atoms with Crippen LogP contribution < -0.4 is 14.8 Å². The fraction of sp³-hybridized carbons (Fsp3) is 0.625. The highest BCUT2D eigenvalue weighted by Gasteiger charge is 2.45. The standard InChI is InChI=1S/C16H25NO2/c1-5-10-17-15(16(2)8-9-16)12-6-7-13(18-3)14(11-12)19-4/h6-7,11,15,17H,5,8-10H2,1-4H3. The maximum Gasteiger partial charge on any atom is 0.161 e. The highest BCUT2D eigenvalue weighted by Crippen LogP contribution is 2.54. The summed E-state index contributed by atoms with van der Waals surface area (Å²) in [5.41, 5.74) is 1.69. The first-order valence-corrected chi connectivity index (χ1v) is 7.10. The third kappa shape index (κ3) is 3.03. The number of hydrogen-bond acceptors (Lipinski definition) is 3. The van der Waals surface area contributed by atoms with Gasteiger partial charge >= 0.3 is 0 Å². The molecule has 1 aliphatic rings. The summed E-state index contributed by atoms with van der Waals surface area (Å²) in [6.45, 7) is 5.61. The lowest BCUT2D eigenvalue weighted by Crippen LogP contribution is -2.28. The summed E-state index contributed by atoms with van der Waals surface area (Å²) in [5, 5.41) is 3.68. The zero-order chi connectivity index (χ0) is 13.9. The van der Waals surface area contributed by atoms with Gasteiger partial charge in [-0.15, -0.1) is 0 Å². The molecule has 1 saturated carbocycles. The van der Waals surface area contributed by atoms with Crippen molar-refractivity contribution in [1.82, 2.24) is 5.32 Å². The summed E-state index contributed by atoms with van der Waals surface area (Å²) in [7, 11) is 3.36. The van der Waals surface area contributed by atoms with Crippen molar-refractivity contribution in [3.63, 3.8) is 0 Å². The first-order valence-electron chi connectivity index (χ1n) is 7.10. The van der Waals surface area contributed by atoms with Crippen LogP contribution in [0.5, 0.6) is 11.5 Å². The summed E-state index contributed by atoms with van der Waals surface area (Å²) in [6, 6.07) is 6.67. The number of rotatable bonds is 7. The molecule has 1 N–H and O–H groups in total. The van der Waals surface area contributed by atoms with E-state index in [9.17, 15) is 0 Å². The van der Waals surface area contributed by atoms with Crippen LogP contribution in [0.2, 0.25) is 0 Å². The van der Waals surface area contributed by atoms with Gasteiger partial charge in [0.1, 0.15) is 0 Å². The summed E-state index contributed by atoms with van der Waals surface area (Å²) in [5.74, 6) is 1.61. The minimum Gasteiger partial charge on any atom is -0.493 e. The Morgan fingerprint density at radius 3 is 2.42 bits per heavy atom. The van der Waals surface area contributed by atoms with Gasteiger partial charge in [0.25, 0.3) is 0 Å². The number of ether oxygens (including phenoxy) is 2. The molecule has 0 bridgehead atoms. The zero-order valence-electron chi connectivity index (χ0n) is 12.5. The molecule has 1 unspecified atom stereocenters. The molecule has 0 saturated heterocycles. The van der Waals surface area contributed by atoms with Crippen LogP contribution in [-0.2, 0) is 0 Å². The van der Waals surface area contributed by atoms with Crippen LogP contribution >= 0.6 is 0 Å². The van der Waals surface area contributed by atoms with Crippen molar-refractivity contribution in [1.29, 1.82) is 0 Å². The number of methoxy groups -OCH3 is 2. The van der Waals surface area contributed by atoms with E-state index in [1.165, 1.54) is 18.4 Å². The molecule has 3 heteroatoms. The Morgan fingerprint density at radius 1 is 1.21 bits per heavy atom. The molecule has 106 valence electrons. The van der Waals surface area contributed by atoms with E-state index < -0.39 is 0 Å². The number of benzene rings is 1. The van der Waals surface area contributed by atoms with Gasteiger partial charge in [-0.2, -0.15) is 0 Å². The van der Waals surface area contributed by atoms with Crippen LogP contribution in [0.4, 0.5) is 0 Å². The van der Waals surface area contributed by atoms with Crippen molar-refractivity contribution in [2.45, 2.75) is 39.2 Å². The van der Waals surface area contributed by atoms with Gasteiger partial charge in [0, 0.05) is 6.04 Å². The fourth-order valence-corrected chi connectivity index (χ4v) is 2.57. The fourth-order valence-electron chi connectivity index (χ4n) is 2.57. The molecule has 1 atom stereocenters. The van der Waals surface area contributed by atoms with Gasteiger partial charge < -0.3 is 14.8 Å². The topological polar surface area (TPSA) is 30.5 Å². The predicted molar refractivity (Wildman–Crippen MR) is 77.9 cm³/mol. The minimum atomic E-state index is 0.398. The van der Waals surface area contributed by atoms with Gasteiger partial charge in [-0.3, -0.25) is 0 Å². The summed E-state index contributed by atoms with van der Waals surface area (Å²) in [6.07, 6.45) is 3.74. The van der Waals surface area contributed by atoms with Crippen LogP contribution in [-0.4, -0.2) is 20.8 Å². The smallest absolute Gasteiger partial charge is 0.161 e. The minimum absolute atomic E-state index is 0.398. The second-order valence-electron chi connectivity index (χ2n) is 5.66. The van der Waals surface area contributed by atoms with E-state index >= 15 is 0 Å². The van der Waals surface area contributed by atoms with Gasteiger partial charge in [-0.05, 0) is 48.9 Å². The monoisotopic (exact) mass is 263 g/mol. The molecule has 0 spiro atoms. The molecule has 0 heterocycles. The molecule has 0 amide bonds. The van der Waals surface area contributed by atoms with Crippen molar-refractivity contribution >= 4 is 0 Å². The van der Waals surface area contributed by atoms with E-state index in [0.29, 0.717) is 11.5 Å². The molecule has 0 radical (unpaired) electrons. The van der Waals surface area contributed by atoms with Gasteiger partial charge in [0.15, 0.2) is 11.5 Å². The number of hydrogen-bond donors (Lipinski definition) is 1. The third-order valence-corrected chi connectivity index (χ3v) is 4.07. The predicted octanol–water partition coefficient (Wildman–Crippen LogP) is 3.54. The molecule has 19 heavy (non-hydrogen) atoms. The van der Waals surface area contributed by atoms with E-state index in [1.807, 2.05) is 6.07 Å². The molecular weight excluding hydrogens is 238 g/mol. The normalized spacial score (nSPS) is 17.9. The van der Waals surface area contributed by atoms with Gasteiger partial charge in [-0.25, -0.2) is 0 Å². The average Bonchev–Trinajstić information content (AvgIpc) is 3.17. The van der Waals surface area contributed by atoms with Crippen LogP contribution in [0, 0.1) is 5.41 Å². The second-order valence-corrected chi connectivity index (χ2v) is 5.66. The SMILES string of the molecule is CCCNC(c1ccc(OC)c(OC)c1)C1(C)CC1. The Bertz CT molecular complexity index is 427. The van der Waals surface area contributed by atoms with E-state index in [2.05, 4.69) is 31.3 Å². The maximum atomic E-state index is 5.41. The van der Waals surface area contributed by atoms with Crippen molar-refractivity contribution in [3.05, 3.63) is 23.8 Å². The number of nitrogens with one attached hydrogen (secondary N) is 1. The van der Waals surface area contributed by atoms with Crippen molar-refractivity contribution in [2.75, 3.05) is 20.8 Å². The Balaban J connectivity index is 2.26. The first kappa shape index (κ1) is 14.2. The Morgan fingerprint density at radius 2 is 1.89 bits per heavy atom. The molecule has 1 aromatic carbocycles. The molecule has 0 aromatic heterocycles. The quantitative estimate of drug-likeness (QED) is 0.816. The molecule has 0 aliphatic heterocycles. The van der Waals surface area contributed by atoms with Gasteiger partial charge in [-0.1, -0.05) is 19.9 Å². The van der Waals surface area contributed by atoms with Crippen molar-refractivity contribution < 1.29 is 9.47 Å². The summed E-state index contributed by atoms with van der Waals surface area (Å²) < 4.78 is 10.7. The Kier molecular flexibility index (Phi) is 4.35. The Hall–Kier alpha value is -1.22. The van der Waals surface area contributed by atoms with Crippen LogP contribution in [0.3, 0.4) is 0 Å². The molecule has 1 aliphatic carbocycles. The van der Waals surface area contributed by atoms with Crippen LogP contribution in [0.15, 0.2) is 18.2 Å². The van der Waals surface area contributed by atoms with E-state index in [4.69, 9.17) is 9.47 Å². The molecule has 1 aromatic rings. The zero-order valence-corrected chi connectivity index (χ0v) is 12.5.